The van der Waals surface area contributed by atoms with Crippen molar-refractivity contribution < 1.29 is 19.1 Å². The fourth-order valence-corrected chi connectivity index (χ4v) is 2.11. The summed E-state index contributed by atoms with van der Waals surface area (Å²) in [4.78, 5) is 24.4. The Hall–Kier alpha value is -2.04. The smallest absolute Gasteiger partial charge is 0.344 e. The maximum absolute atomic E-state index is 12.3. The molecule has 0 N–H and O–H groups in total. The highest BCUT2D eigenvalue weighted by Crippen LogP contribution is 2.27. The summed E-state index contributed by atoms with van der Waals surface area (Å²) in [5, 5.41) is 0.622. The first-order chi connectivity index (χ1) is 10.9. The predicted molar refractivity (Wildman–Crippen MR) is 88.4 cm³/mol. The normalized spacial score (nSPS) is 10.5. The van der Waals surface area contributed by atoms with Crippen molar-refractivity contribution in [1.82, 2.24) is 0 Å². The molecule has 0 unspecified atom stereocenters. The Kier molecular flexibility index (Phi) is 5.64. The fourth-order valence-electron chi connectivity index (χ4n) is 1.82. The SMILES string of the molecule is CC(C)OC(=O)c1ccccc1C(=O)Oc1ccc(Cl)c(Cl)c1. The Bertz CT molecular complexity index is 741. The molecule has 0 heterocycles. The summed E-state index contributed by atoms with van der Waals surface area (Å²) < 4.78 is 10.4. The van der Waals surface area contributed by atoms with Crippen LogP contribution in [0.3, 0.4) is 0 Å². The van der Waals surface area contributed by atoms with E-state index >= 15 is 0 Å². The van der Waals surface area contributed by atoms with E-state index in [0.717, 1.165) is 0 Å². The van der Waals surface area contributed by atoms with Crippen molar-refractivity contribution in [3.8, 4) is 5.75 Å². The topological polar surface area (TPSA) is 52.6 Å². The van der Waals surface area contributed by atoms with Gasteiger partial charge in [-0.2, -0.15) is 0 Å². The molecule has 0 amide bonds. The number of rotatable bonds is 4. The van der Waals surface area contributed by atoms with Gasteiger partial charge in [-0.25, -0.2) is 9.59 Å². The lowest BCUT2D eigenvalue weighted by Gasteiger charge is -2.11. The number of ether oxygens (including phenoxy) is 2. The van der Waals surface area contributed by atoms with Crippen LogP contribution in [-0.4, -0.2) is 18.0 Å². The minimum absolute atomic E-state index is 0.115. The number of carbonyl (C=O) groups excluding carboxylic acids is 2. The van der Waals surface area contributed by atoms with Gasteiger partial charge in [0.2, 0.25) is 0 Å². The molecule has 0 radical (unpaired) electrons. The first kappa shape index (κ1) is 17.3. The van der Waals surface area contributed by atoms with E-state index < -0.39 is 11.9 Å². The highest BCUT2D eigenvalue weighted by atomic mass is 35.5. The van der Waals surface area contributed by atoms with Crippen molar-refractivity contribution in [3.63, 3.8) is 0 Å². The second-order valence-electron chi connectivity index (χ2n) is 4.97. The molecular formula is C17H14Cl2O4. The van der Waals surface area contributed by atoms with Gasteiger partial charge in [-0.3, -0.25) is 0 Å². The largest absolute Gasteiger partial charge is 0.459 e. The Morgan fingerprint density at radius 2 is 1.52 bits per heavy atom. The molecule has 0 fully saturated rings. The molecule has 120 valence electrons. The van der Waals surface area contributed by atoms with Crippen LogP contribution in [0.25, 0.3) is 0 Å². The quantitative estimate of drug-likeness (QED) is 0.586. The average Bonchev–Trinajstić information content (AvgIpc) is 2.50. The van der Waals surface area contributed by atoms with Crippen molar-refractivity contribution in [1.29, 1.82) is 0 Å². The summed E-state index contributed by atoms with van der Waals surface area (Å²) in [6, 6.07) is 10.8. The molecule has 0 atom stereocenters. The van der Waals surface area contributed by atoms with Gasteiger partial charge in [-0.1, -0.05) is 35.3 Å². The molecule has 0 saturated heterocycles. The molecule has 0 aromatic heterocycles. The fraction of sp³-hybridized carbons (Fsp3) is 0.176. The number of halogens is 2. The van der Waals surface area contributed by atoms with Crippen LogP contribution in [-0.2, 0) is 4.74 Å². The molecule has 2 rings (SSSR count). The van der Waals surface area contributed by atoms with E-state index in [4.69, 9.17) is 32.7 Å². The number of hydrogen-bond acceptors (Lipinski definition) is 4. The average molecular weight is 353 g/mol. The van der Waals surface area contributed by atoms with Gasteiger partial charge in [-0.05, 0) is 38.1 Å². The van der Waals surface area contributed by atoms with Crippen molar-refractivity contribution in [2.45, 2.75) is 20.0 Å². The van der Waals surface area contributed by atoms with Crippen molar-refractivity contribution in [2.24, 2.45) is 0 Å². The molecule has 0 saturated carbocycles. The van der Waals surface area contributed by atoms with Gasteiger partial charge < -0.3 is 9.47 Å². The van der Waals surface area contributed by atoms with E-state index in [0.29, 0.717) is 5.02 Å². The van der Waals surface area contributed by atoms with Crippen LogP contribution in [0.2, 0.25) is 10.0 Å². The van der Waals surface area contributed by atoms with Crippen LogP contribution in [0.15, 0.2) is 42.5 Å². The third kappa shape index (κ3) is 4.47. The van der Waals surface area contributed by atoms with E-state index in [9.17, 15) is 9.59 Å². The Balaban J connectivity index is 2.25. The minimum atomic E-state index is -0.681. The number of esters is 2. The zero-order chi connectivity index (χ0) is 17.0. The summed E-state index contributed by atoms with van der Waals surface area (Å²) in [5.41, 5.74) is 0.260. The zero-order valence-corrected chi connectivity index (χ0v) is 14.0. The van der Waals surface area contributed by atoms with E-state index in [1.54, 1.807) is 26.0 Å². The monoisotopic (exact) mass is 352 g/mol. The molecule has 23 heavy (non-hydrogen) atoms. The van der Waals surface area contributed by atoms with Gasteiger partial charge in [0.15, 0.2) is 0 Å². The third-order valence-corrected chi connectivity index (χ3v) is 3.55. The van der Waals surface area contributed by atoms with Crippen LogP contribution in [0.4, 0.5) is 0 Å². The van der Waals surface area contributed by atoms with Gasteiger partial charge in [0.25, 0.3) is 0 Å². The van der Waals surface area contributed by atoms with Crippen molar-refractivity contribution in [3.05, 3.63) is 63.6 Å². The number of carbonyl (C=O) groups is 2. The van der Waals surface area contributed by atoms with Crippen LogP contribution < -0.4 is 4.74 Å². The molecule has 0 aliphatic carbocycles. The van der Waals surface area contributed by atoms with Crippen LogP contribution in [0, 0.1) is 0 Å². The van der Waals surface area contributed by atoms with Crippen molar-refractivity contribution >= 4 is 35.1 Å². The maximum atomic E-state index is 12.3. The van der Waals surface area contributed by atoms with Crippen LogP contribution in [0.5, 0.6) is 5.75 Å². The van der Waals surface area contributed by atoms with Crippen LogP contribution in [0.1, 0.15) is 34.6 Å². The maximum Gasteiger partial charge on any atom is 0.344 e. The first-order valence-electron chi connectivity index (χ1n) is 6.85. The molecule has 2 aromatic rings. The molecule has 2 aromatic carbocycles. The third-order valence-electron chi connectivity index (χ3n) is 2.81. The van der Waals surface area contributed by atoms with Crippen LogP contribution >= 0.6 is 23.2 Å². The first-order valence-corrected chi connectivity index (χ1v) is 7.61. The lowest BCUT2D eigenvalue weighted by Crippen LogP contribution is -2.18. The van der Waals surface area contributed by atoms with E-state index in [2.05, 4.69) is 0 Å². The summed E-state index contributed by atoms with van der Waals surface area (Å²) in [6.45, 7) is 3.46. The predicted octanol–water partition coefficient (Wildman–Crippen LogP) is 4.78. The molecule has 6 heteroatoms. The Morgan fingerprint density at radius 3 is 2.09 bits per heavy atom. The summed E-state index contributed by atoms with van der Waals surface area (Å²) in [5.74, 6) is -1.03. The zero-order valence-electron chi connectivity index (χ0n) is 12.5. The van der Waals surface area contributed by atoms with Crippen molar-refractivity contribution in [2.75, 3.05) is 0 Å². The molecule has 0 aliphatic heterocycles. The van der Waals surface area contributed by atoms with Gasteiger partial charge >= 0.3 is 11.9 Å². The van der Waals surface area contributed by atoms with E-state index in [-0.39, 0.29) is 28.0 Å². The highest BCUT2D eigenvalue weighted by Gasteiger charge is 2.20. The summed E-state index contributed by atoms with van der Waals surface area (Å²) in [6.07, 6.45) is -0.290. The second kappa shape index (κ2) is 7.49. The summed E-state index contributed by atoms with van der Waals surface area (Å²) >= 11 is 11.7. The molecular weight excluding hydrogens is 339 g/mol. The molecule has 0 aliphatic rings. The van der Waals surface area contributed by atoms with E-state index in [1.807, 2.05) is 0 Å². The highest BCUT2D eigenvalue weighted by molar-refractivity contribution is 6.42. The standard InChI is InChI=1S/C17H14Cl2O4/c1-10(2)22-16(20)12-5-3-4-6-13(12)17(21)23-11-7-8-14(18)15(19)9-11/h3-10H,1-2H3. The summed E-state index contributed by atoms with van der Waals surface area (Å²) in [7, 11) is 0. The molecule has 0 spiro atoms. The second-order valence-corrected chi connectivity index (χ2v) is 5.78. The van der Waals surface area contributed by atoms with Gasteiger partial charge in [0.1, 0.15) is 5.75 Å². The Labute approximate surface area is 143 Å². The van der Waals surface area contributed by atoms with Gasteiger partial charge in [-0.15, -0.1) is 0 Å². The number of hydrogen-bond donors (Lipinski definition) is 0. The van der Waals surface area contributed by atoms with Gasteiger partial charge in [0, 0.05) is 6.07 Å². The lowest BCUT2D eigenvalue weighted by atomic mass is 10.1. The lowest BCUT2D eigenvalue weighted by molar-refractivity contribution is 0.0372. The molecule has 0 bridgehead atoms. The van der Waals surface area contributed by atoms with E-state index in [1.165, 1.54) is 30.3 Å². The van der Waals surface area contributed by atoms with Gasteiger partial charge in [0.05, 0.1) is 27.3 Å². The number of benzene rings is 2. The minimum Gasteiger partial charge on any atom is -0.459 e. The molecule has 4 nitrogen and oxygen atoms in total. The Morgan fingerprint density at radius 1 is 0.913 bits per heavy atom.